The van der Waals surface area contributed by atoms with Crippen LogP contribution in [-0.4, -0.2) is 4.98 Å². The van der Waals surface area contributed by atoms with Crippen LogP contribution in [0.2, 0.25) is 0 Å². The molecule has 0 aliphatic heterocycles. The number of anilines is 1. The van der Waals surface area contributed by atoms with Gasteiger partial charge in [-0.05, 0) is 24.3 Å². The number of para-hydroxylation sites is 1. The molecule has 0 unspecified atom stereocenters. The number of benzene rings is 2. The van der Waals surface area contributed by atoms with E-state index >= 15 is 0 Å². The van der Waals surface area contributed by atoms with Crippen molar-refractivity contribution in [3.8, 4) is 0 Å². The molecule has 3 aromatic rings. The number of aromatic nitrogens is 1. The molecule has 0 saturated carbocycles. The summed E-state index contributed by atoms with van der Waals surface area (Å²) >= 11 is 4.55. The number of thiazole rings is 1. The second kappa shape index (κ2) is 5.46. The van der Waals surface area contributed by atoms with E-state index in [0.717, 1.165) is 15.2 Å². The fraction of sp³-hybridized carbons (Fsp3) is 0.0714. The average molecular weight is 355 g/mol. The third-order valence-electron chi connectivity index (χ3n) is 2.76. The van der Waals surface area contributed by atoms with E-state index < -0.39 is 11.6 Å². The SMILES string of the molecule is Fc1cc(Br)cc(F)c1NCc1nc2ccccc2s1. The summed E-state index contributed by atoms with van der Waals surface area (Å²) in [6.45, 7) is 0.287. The van der Waals surface area contributed by atoms with Crippen LogP contribution in [-0.2, 0) is 6.54 Å². The predicted octanol–water partition coefficient (Wildman–Crippen LogP) is 4.95. The van der Waals surface area contributed by atoms with Crippen molar-refractivity contribution in [1.29, 1.82) is 0 Å². The molecule has 1 heterocycles. The smallest absolute Gasteiger partial charge is 0.150 e. The number of nitrogens with zero attached hydrogens (tertiary/aromatic N) is 1. The van der Waals surface area contributed by atoms with Crippen molar-refractivity contribution in [3.63, 3.8) is 0 Å². The van der Waals surface area contributed by atoms with Gasteiger partial charge in [0.15, 0.2) is 0 Å². The summed E-state index contributed by atoms with van der Waals surface area (Å²) < 4.78 is 28.8. The van der Waals surface area contributed by atoms with E-state index in [-0.39, 0.29) is 12.2 Å². The van der Waals surface area contributed by atoms with Gasteiger partial charge in [-0.2, -0.15) is 0 Å². The molecule has 0 saturated heterocycles. The van der Waals surface area contributed by atoms with Crippen molar-refractivity contribution in [2.45, 2.75) is 6.54 Å². The Kier molecular flexibility index (Phi) is 3.67. The standard InChI is InChI=1S/C14H9BrF2N2S/c15-8-5-9(16)14(10(17)6-8)18-7-13-19-11-3-1-2-4-12(11)20-13/h1-6,18H,7H2. The molecule has 0 spiro atoms. The van der Waals surface area contributed by atoms with Crippen LogP contribution >= 0.6 is 27.3 Å². The Labute approximate surface area is 126 Å². The minimum Gasteiger partial charge on any atom is -0.374 e. The fourth-order valence-corrected chi connectivity index (χ4v) is 3.18. The minimum absolute atomic E-state index is 0.132. The lowest BCUT2D eigenvalue weighted by molar-refractivity contribution is 0.586. The highest BCUT2D eigenvalue weighted by atomic mass is 79.9. The summed E-state index contributed by atoms with van der Waals surface area (Å²) in [5.41, 5.74) is 0.763. The van der Waals surface area contributed by atoms with E-state index in [2.05, 4.69) is 26.2 Å². The summed E-state index contributed by atoms with van der Waals surface area (Å²) in [4.78, 5) is 4.41. The molecule has 20 heavy (non-hydrogen) atoms. The number of hydrogen-bond donors (Lipinski definition) is 1. The summed E-state index contributed by atoms with van der Waals surface area (Å²) in [5, 5.41) is 3.55. The van der Waals surface area contributed by atoms with Gasteiger partial charge in [-0.15, -0.1) is 11.3 Å². The average Bonchev–Trinajstić information content (AvgIpc) is 2.80. The van der Waals surface area contributed by atoms with Gasteiger partial charge in [0.05, 0.1) is 16.8 Å². The Balaban J connectivity index is 1.83. The number of hydrogen-bond acceptors (Lipinski definition) is 3. The molecular weight excluding hydrogens is 346 g/mol. The Hall–Kier alpha value is -1.53. The van der Waals surface area contributed by atoms with Gasteiger partial charge in [-0.1, -0.05) is 28.1 Å². The summed E-state index contributed by atoms with van der Waals surface area (Å²) in [6, 6.07) is 10.2. The Bertz CT molecular complexity index is 717. The molecule has 2 nitrogen and oxygen atoms in total. The monoisotopic (exact) mass is 354 g/mol. The van der Waals surface area contributed by atoms with Crippen molar-refractivity contribution < 1.29 is 8.78 Å². The number of halogens is 3. The molecule has 6 heteroatoms. The second-order valence-electron chi connectivity index (χ2n) is 4.17. The van der Waals surface area contributed by atoms with Crippen LogP contribution in [0.5, 0.6) is 0 Å². The topological polar surface area (TPSA) is 24.9 Å². The normalized spacial score (nSPS) is 10.9. The molecule has 0 bridgehead atoms. The van der Waals surface area contributed by atoms with Crippen molar-refractivity contribution in [2.75, 3.05) is 5.32 Å². The molecule has 0 amide bonds. The second-order valence-corrected chi connectivity index (χ2v) is 6.20. The van der Waals surface area contributed by atoms with E-state index in [1.165, 1.54) is 23.5 Å². The molecule has 0 radical (unpaired) electrons. The third kappa shape index (κ3) is 2.66. The van der Waals surface area contributed by atoms with E-state index in [4.69, 9.17) is 0 Å². The Morgan fingerprint density at radius 3 is 2.55 bits per heavy atom. The molecular formula is C14H9BrF2N2S. The van der Waals surface area contributed by atoms with Gasteiger partial charge in [0.1, 0.15) is 22.3 Å². The van der Waals surface area contributed by atoms with E-state index in [9.17, 15) is 8.78 Å². The van der Waals surface area contributed by atoms with Crippen molar-refractivity contribution in [3.05, 3.63) is 57.5 Å². The Morgan fingerprint density at radius 1 is 1.15 bits per heavy atom. The van der Waals surface area contributed by atoms with Gasteiger partial charge in [0.2, 0.25) is 0 Å². The lowest BCUT2D eigenvalue weighted by Crippen LogP contribution is -2.03. The molecule has 102 valence electrons. The molecule has 2 aromatic carbocycles. The first-order valence-corrected chi connectivity index (χ1v) is 7.47. The first-order valence-electron chi connectivity index (χ1n) is 5.86. The summed E-state index contributed by atoms with van der Waals surface area (Å²) in [5.74, 6) is -1.25. The van der Waals surface area contributed by atoms with Crippen LogP contribution < -0.4 is 5.32 Å². The van der Waals surface area contributed by atoms with Crippen molar-refractivity contribution in [1.82, 2.24) is 4.98 Å². The lowest BCUT2D eigenvalue weighted by atomic mass is 10.3. The molecule has 1 aromatic heterocycles. The predicted molar refractivity (Wildman–Crippen MR) is 81.0 cm³/mol. The van der Waals surface area contributed by atoms with Crippen LogP contribution in [0.3, 0.4) is 0 Å². The van der Waals surface area contributed by atoms with Gasteiger partial charge in [-0.3, -0.25) is 0 Å². The molecule has 0 atom stereocenters. The van der Waals surface area contributed by atoms with Crippen molar-refractivity contribution in [2.24, 2.45) is 0 Å². The highest BCUT2D eigenvalue weighted by molar-refractivity contribution is 9.10. The van der Waals surface area contributed by atoms with Crippen LogP contribution in [0.25, 0.3) is 10.2 Å². The quantitative estimate of drug-likeness (QED) is 0.719. The highest BCUT2D eigenvalue weighted by Crippen LogP contribution is 2.26. The van der Waals surface area contributed by atoms with Gasteiger partial charge in [0.25, 0.3) is 0 Å². The molecule has 3 rings (SSSR count). The zero-order valence-electron chi connectivity index (χ0n) is 10.2. The van der Waals surface area contributed by atoms with Gasteiger partial charge in [0, 0.05) is 4.47 Å². The zero-order chi connectivity index (χ0) is 14.1. The van der Waals surface area contributed by atoms with Crippen molar-refractivity contribution >= 4 is 43.2 Å². The van der Waals surface area contributed by atoms with E-state index in [1.54, 1.807) is 0 Å². The first kappa shape index (κ1) is 13.5. The van der Waals surface area contributed by atoms with Crippen LogP contribution in [0.1, 0.15) is 5.01 Å². The first-order chi connectivity index (χ1) is 9.63. The van der Waals surface area contributed by atoms with E-state index in [1.807, 2.05) is 24.3 Å². The maximum absolute atomic E-state index is 13.7. The molecule has 0 aliphatic carbocycles. The molecule has 0 aliphatic rings. The number of nitrogens with one attached hydrogen (secondary N) is 1. The van der Waals surface area contributed by atoms with Gasteiger partial charge < -0.3 is 5.32 Å². The zero-order valence-corrected chi connectivity index (χ0v) is 12.6. The van der Waals surface area contributed by atoms with E-state index in [0.29, 0.717) is 4.47 Å². The largest absolute Gasteiger partial charge is 0.374 e. The summed E-state index contributed by atoms with van der Waals surface area (Å²) in [7, 11) is 0. The fourth-order valence-electron chi connectivity index (χ4n) is 1.87. The summed E-state index contributed by atoms with van der Waals surface area (Å²) in [6.07, 6.45) is 0. The molecule has 1 N–H and O–H groups in total. The Morgan fingerprint density at radius 2 is 1.85 bits per heavy atom. The van der Waals surface area contributed by atoms with Crippen LogP contribution in [0, 0.1) is 11.6 Å². The number of fused-ring (bicyclic) bond motifs is 1. The number of rotatable bonds is 3. The third-order valence-corrected chi connectivity index (χ3v) is 4.26. The van der Waals surface area contributed by atoms with Crippen LogP contribution in [0.4, 0.5) is 14.5 Å². The lowest BCUT2D eigenvalue weighted by Gasteiger charge is -2.07. The van der Waals surface area contributed by atoms with Gasteiger partial charge in [-0.25, -0.2) is 13.8 Å². The van der Waals surface area contributed by atoms with Crippen LogP contribution in [0.15, 0.2) is 40.9 Å². The highest BCUT2D eigenvalue weighted by Gasteiger charge is 2.11. The molecule has 0 fully saturated rings. The minimum atomic E-state index is -0.627. The maximum atomic E-state index is 13.7. The maximum Gasteiger partial charge on any atom is 0.150 e. The van der Waals surface area contributed by atoms with Gasteiger partial charge >= 0.3 is 0 Å².